The molecule has 0 saturated heterocycles. The predicted octanol–water partition coefficient (Wildman–Crippen LogP) is 3.07. The van der Waals surface area contributed by atoms with Gasteiger partial charge < -0.3 is 19.5 Å². The number of aryl methyl sites for hydroxylation is 1. The van der Waals surface area contributed by atoms with E-state index < -0.39 is 5.79 Å². The Kier molecular flexibility index (Phi) is 8.23. The van der Waals surface area contributed by atoms with Crippen molar-refractivity contribution < 1.29 is 19.0 Å². The normalized spacial score (nSPS) is 11.2. The van der Waals surface area contributed by atoms with Crippen molar-refractivity contribution in [2.24, 2.45) is 0 Å². The number of pyridine rings is 1. The highest BCUT2D eigenvalue weighted by Crippen LogP contribution is 2.25. The Morgan fingerprint density at radius 3 is 2.30 bits per heavy atom. The first-order valence-corrected chi connectivity index (χ1v) is 9.31. The molecule has 0 radical (unpaired) electrons. The van der Waals surface area contributed by atoms with Crippen molar-refractivity contribution in [3.05, 3.63) is 59.9 Å². The monoisotopic (exact) mass is 372 g/mol. The third-order valence-corrected chi connectivity index (χ3v) is 4.03. The van der Waals surface area contributed by atoms with E-state index in [1.165, 1.54) is 5.56 Å². The molecule has 1 amide bonds. The Morgan fingerprint density at radius 1 is 1.04 bits per heavy atom. The van der Waals surface area contributed by atoms with E-state index in [9.17, 15) is 4.79 Å². The van der Waals surface area contributed by atoms with Crippen LogP contribution in [0.15, 0.2) is 48.7 Å². The minimum absolute atomic E-state index is 0.0813. The molecule has 0 unspecified atom stereocenters. The molecule has 1 aromatic carbocycles. The molecule has 1 N–H and O–H groups in total. The second kappa shape index (κ2) is 10.6. The molecule has 6 heteroatoms. The van der Waals surface area contributed by atoms with Gasteiger partial charge in [0, 0.05) is 19.4 Å². The summed E-state index contributed by atoms with van der Waals surface area (Å²) in [6.45, 7) is 6.75. The molecule has 2 rings (SSSR count). The number of carbonyl (C=O) groups is 1. The highest BCUT2D eigenvalue weighted by molar-refractivity contribution is 5.77. The molecule has 146 valence electrons. The zero-order valence-corrected chi connectivity index (χ0v) is 16.2. The van der Waals surface area contributed by atoms with Gasteiger partial charge in [-0.25, -0.2) is 0 Å². The number of nitrogens with one attached hydrogen (secondary N) is 1. The van der Waals surface area contributed by atoms with Gasteiger partial charge in [0.15, 0.2) is 6.61 Å². The van der Waals surface area contributed by atoms with Crippen LogP contribution in [0.2, 0.25) is 0 Å². The molecule has 6 nitrogen and oxygen atoms in total. The molecular formula is C21H28N2O4. The number of nitrogens with zero attached hydrogens (tertiary/aromatic N) is 1. The quantitative estimate of drug-likeness (QED) is 0.614. The number of aromatic nitrogens is 1. The second-order valence-electron chi connectivity index (χ2n) is 5.90. The van der Waals surface area contributed by atoms with Gasteiger partial charge in [0.05, 0.1) is 6.54 Å². The summed E-state index contributed by atoms with van der Waals surface area (Å²) in [6.07, 6.45) is 2.64. The van der Waals surface area contributed by atoms with Crippen molar-refractivity contribution in [2.75, 3.05) is 26.4 Å². The first-order chi connectivity index (χ1) is 13.1. The number of rotatable bonds is 11. The molecular weight excluding hydrogens is 344 g/mol. The molecule has 27 heavy (non-hydrogen) atoms. The number of hydrogen-bond donors (Lipinski definition) is 1. The lowest BCUT2D eigenvalue weighted by Crippen LogP contribution is -2.46. The van der Waals surface area contributed by atoms with Crippen LogP contribution in [0.25, 0.3) is 0 Å². The van der Waals surface area contributed by atoms with E-state index in [1.807, 2.05) is 56.3 Å². The van der Waals surface area contributed by atoms with Crippen LogP contribution in [0.4, 0.5) is 0 Å². The Labute approximate surface area is 160 Å². The Bertz CT molecular complexity index is 683. The highest BCUT2D eigenvalue weighted by atomic mass is 16.7. The molecule has 0 spiro atoms. The average Bonchev–Trinajstić information content (AvgIpc) is 2.72. The molecule has 0 aliphatic carbocycles. The van der Waals surface area contributed by atoms with Gasteiger partial charge in [-0.2, -0.15) is 0 Å². The van der Waals surface area contributed by atoms with Crippen LogP contribution < -0.4 is 10.1 Å². The van der Waals surface area contributed by atoms with Crippen molar-refractivity contribution in [2.45, 2.75) is 33.0 Å². The summed E-state index contributed by atoms with van der Waals surface area (Å²) in [6, 6.07) is 13.2. The first-order valence-electron chi connectivity index (χ1n) is 9.31. The number of ether oxygens (including phenoxy) is 3. The van der Waals surface area contributed by atoms with E-state index in [0.717, 1.165) is 6.42 Å². The minimum atomic E-state index is -1.12. The van der Waals surface area contributed by atoms with E-state index >= 15 is 0 Å². The first kappa shape index (κ1) is 20.9. The second-order valence-corrected chi connectivity index (χ2v) is 5.90. The van der Waals surface area contributed by atoms with Crippen LogP contribution in [-0.4, -0.2) is 37.3 Å². The van der Waals surface area contributed by atoms with Gasteiger partial charge in [-0.1, -0.05) is 25.1 Å². The van der Waals surface area contributed by atoms with Crippen LogP contribution >= 0.6 is 0 Å². The maximum absolute atomic E-state index is 12.3. The number of benzene rings is 1. The van der Waals surface area contributed by atoms with Gasteiger partial charge in [-0.3, -0.25) is 9.78 Å². The van der Waals surface area contributed by atoms with Gasteiger partial charge in [-0.15, -0.1) is 0 Å². The fourth-order valence-corrected chi connectivity index (χ4v) is 2.67. The van der Waals surface area contributed by atoms with Crippen LogP contribution in [-0.2, 0) is 26.5 Å². The Morgan fingerprint density at radius 2 is 1.74 bits per heavy atom. The Balaban J connectivity index is 1.97. The van der Waals surface area contributed by atoms with Crippen LogP contribution in [0, 0.1) is 0 Å². The summed E-state index contributed by atoms with van der Waals surface area (Å²) >= 11 is 0. The third-order valence-electron chi connectivity index (χ3n) is 4.03. The summed E-state index contributed by atoms with van der Waals surface area (Å²) in [5.41, 5.74) is 1.84. The van der Waals surface area contributed by atoms with Crippen molar-refractivity contribution in [3.8, 4) is 5.75 Å². The molecule has 0 fully saturated rings. The summed E-state index contributed by atoms with van der Waals surface area (Å²) in [5.74, 6) is -0.717. The standard InChI is InChI=1S/C21H28N2O4/c1-4-17-10-12-18(13-11-17)25-15-20(24)23-16-21(26-5-2,27-6-3)19-9-7-8-14-22-19/h7-14H,4-6,15-16H2,1-3H3,(H,23,24). The third kappa shape index (κ3) is 6.05. The number of carbonyl (C=O) groups excluding carboxylic acids is 1. The maximum Gasteiger partial charge on any atom is 0.258 e. The smallest absolute Gasteiger partial charge is 0.258 e. The van der Waals surface area contributed by atoms with Gasteiger partial charge in [0.2, 0.25) is 5.79 Å². The summed E-state index contributed by atoms with van der Waals surface area (Å²) in [7, 11) is 0. The fourth-order valence-electron chi connectivity index (χ4n) is 2.67. The fraction of sp³-hybridized carbons (Fsp3) is 0.429. The molecule has 0 bridgehead atoms. The van der Waals surface area contributed by atoms with E-state index in [2.05, 4.69) is 17.2 Å². The number of hydrogen-bond acceptors (Lipinski definition) is 5. The maximum atomic E-state index is 12.3. The Hall–Kier alpha value is -2.44. The van der Waals surface area contributed by atoms with Crippen molar-refractivity contribution >= 4 is 5.91 Å². The largest absolute Gasteiger partial charge is 0.484 e. The summed E-state index contributed by atoms with van der Waals surface area (Å²) < 4.78 is 17.3. The summed E-state index contributed by atoms with van der Waals surface area (Å²) in [4.78, 5) is 16.6. The molecule has 0 aliphatic heterocycles. The van der Waals surface area contributed by atoms with E-state index in [1.54, 1.807) is 6.20 Å². The summed E-state index contributed by atoms with van der Waals surface area (Å²) in [5, 5.41) is 2.83. The molecule has 0 saturated carbocycles. The zero-order chi connectivity index (χ0) is 19.5. The predicted molar refractivity (Wildman–Crippen MR) is 103 cm³/mol. The van der Waals surface area contributed by atoms with Crippen molar-refractivity contribution in [3.63, 3.8) is 0 Å². The molecule has 1 aromatic heterocycles. The van der Waals surface area contributed by atoms with Crippen LogP contribution in [0.3, 0.4) is 0 Å². The van der Waals surface area contributed by atoms with Gasteiger partial charge in [0.25, 0.3) is 5.91 Å². The van der Waals surface area contributed by atoms with E-state index in [4.69, 9.17) is 14.2 Å². The number of amides is 1. The van der Waals surface area contributed by atoms with E-state index in [-0.39, 0.29) is 19.1 Å². The lowest BCUT2D eigenvalue weighted by Gasteiger charge is -2.32. The van der Waals surface area contributed by atoms with Crippen molar-refractivity contribution in [1.29, 1.82) is 0 Å². The molecule has 1 heterocycles. The minimum Gasteiger partial charge on any atom is -0.484 e. The van der Waals surface area contributed by atoms with E-state index in [0.29, 0.717) is 24.7 Å². The van der Waals surface area contributed by atoms with Gasteiger partial charge in [0.1, 0.15) is 11.4 Å². The van der Waals surface area contributed by atoms with Gasteiger partial charge in [-0.05, 0) is 50.1 Å². The van der Waals surface area contributed by atoms with Gasteiger partial charge >= 0.3 is 0 Å². The average molecular weight is 372 g/mol. The lowest BCUT2D eigenvalue weighted by atomic mass is 10.1. The lowest BCUT2D eigenvalue weighted by molar-refractivity contribution is -0.241. The highest BCUT2D eigenvalue weighted by Gasteiger charge is 2.35. The van der Waals surface area contributed by atoms with Crippen LogP contribution in [0.1, 0.15) is 32.0 Å². The molecule has 0 atom stereocenters. The van der Waals surface area contributed by atoms with Crippen LogP contribution in [0.5, 0.6) is 5.75 Å². The molecule has 0 aliphatic rings. The zero-order valence-electron chi connectivity index (χ0n) is 16.2. The topological polar surface area (TPSA) is 69.7 Å². The SMILES string of the molecule is CCOC(CNC(=O)COc1ccc(CC)cc1)(OCC)c1ccccn1. The molecule has 2 aromatic rings. The van der Waals surface area contributed by atoms with Crippen molar-refractivity contribution in [1.82, 2.24) is 10.3 Å².